The highest BCUT2D eigenvalue weighted by atomic mass is 16.5. The number of ether oxygens (including phenoxy) is 1. The van der Waals surface area contributed by atoms with Crippen LogP contribution in [0.5, 0.6) is 11.5 Å². The maximum Gasteiger partial charge on any atom is 0.227 e. The Morgan fingerprint density at radius 1 is 0.939 bits per heavy atom. The van der Waals surface area contributed by atoms with Crippen LogP contribution in [0.25, 0.3) is 5.82 Å². The monoisotopic (exact) mass is 441 g/mol. The van der Waals surface area contributed by atoms with Gasteiger partial charge in [-0.3, -0.25) is 4.79 Å². The van der Waals surface area contributed by atoms with E-state index in [2.05, 4.69) is 30.3 Å². The molecule has 2 aromatic heterocycles. The van der Waals surface area contributed by atoms with Gasteiger partial charge in [0.2, 0.25) is 5.91 Å². The van der Waals surface area contributed by atoms with Crippen LogP contribution < -0.4 is 15.0 Å². The van der Waals surface area contributed by atoms with Crippen LogP contribution in [0.2, 0.25) is 0 Å². The number of amides is 1. The summed E-state index contributed by atoms with van der Waals surface area (Å²) in [6.07, 6.45) is 6.05. The van der Waals surface area contributed by atoms with Crippen molar-refractivity contribution in [3.05, 3.63) is 79.6 Å². The van der Waals surface area contributed by atoms with Gasteiger partial charge in [0.1, 0.15) is 30.5 Å². The third-order valence-electron chi connectivity index (χ3n) is 5.60. The lowest BCUT2D eigenvalue weighted by atomic mass is 9.95. The van der Waals surface area contributed by atoms with Crippen LogP contribution in [-0.2, 0) is 4.79 Å². The number of rotatable bonds is 6. The Bertz CT molecular complexity index is 1210. The van der Waals surface area contributed by atoms with Crippen LogP contribution in [0, 0.1) is 5.92 Å². The van der Waals surface area contributed by atoms with Crippen molar-refractivity contribution in [1.29, 1.82) is 0 Å². The summed E-state index contributed by atoms with van der Waals surface area (Å²) >= 11 is 0. The molecule has 1 N–H and O–H groups in total. The third-order valence-corrected chi connectivity index (χ3v) is 5.60. The summed E-state index contributed by atoms with van der Waals surface area (Å²) in [5, 5.41) is 7.17. The summed E-state index contributed by atoms with van der Waals surface area (Å²) in [4.78, 5) is 27.8. The molecule has 3 heterocycles. The molecule has 1 saturated heterocycles. The second-order valence-electron chi connectivity index (χ2n) is 7.74. The molecule has 0 aliphatic carbocycles. The Labute approximate surface area is 191 Å². The van der Waals surface area contributed by atoms with Gasteiger partial charge in [0.25, 0.3) is 0 Å². The first-order chi connectivity index (χ1) is 16.3. The molecule has 33 heavy (non-hydrogen) atoms. The molecule has 2 aromatic carbocycles. The first-order valence-corrected chi connectivity index (χ1v) is 10.8. The average Bonchev–Trinajstić information content (AvgIpc) is 3.41. The van der Waals surface area contributed by atoms with Crippen LogP contribution in [0.4, 0.5) is 11.5 Å². The molecule has 0 saturated carbocycles. The van der Waals surface area contributed by atoms with Gasteiger partial charge in [-0.1, -0.05) is 30.3 Å². The molecule has 0 atom stereocenters. The standard InChI is InChI=1S/C24H23N7O2/c32-24(29-20-8-4-5-9-21(20)33-19-6-2-1-3-7-19)18-10-12-30(13-11-18)22-14-23(27-16-26-22)31-17-25-15-28-31/h1-9,14-18H,10-13H2,(H,29,32). The average molecular weight is 441 g/mol. The van der Waals surface area contributed by atoms with Crippen molar-refractivity contribution in [1.82, 2.24) is 24.7 Å². The minimum Gasteiger partial charge on any atom is -0.455 e. The van der Waals surface area contributed by atoms with Gasteiger partial charge in [-0.2, -0.15) is 5.10 Å². The van der Waals surface area contributed by atoms with E-state index in [0.29, 0.717) is 17.3 Å². The van der Waals surface area contributed by atoms with Gasteiger partial charge in [-0.05, 0) is 37.1 Å². The summed E-state index contributed by atoms with van der Waals surface area (Å²) < 4.78 is 7.56. The van der Waals surface area contributed by atoms with E-state index in [9.17, 15) is 4.79 Å². The SMILES string of the molecule is O=C(Nc1ccccc1Oc1ccccc1)C1CCN(c2cc(-n3cncn3)ncn2)CC1. The van der Waals surface area contributed by atoms with E-state index in [-0.39, 0.29) is 11.8 Å². The van der Waals surface area contributed by atoms with Crippen molar-refractivity contribution in [2.75, 3.05) is 23.3 Å². The zero-order valence-electron chi connectivity index (χ0n) is 17.9. The zero-order valence-corrected chi connectivity index (χ0v) is 17.9. The van der Waals surface area contributed by atoms with Crippen LogP contribution >= 0.6 is 0 Å². The smallest absolute Gasteiger partial charge is 0.227 e. The number of hydrogen-bond acceptors (Lipinski definition) is 7. The molecule has 0 unspecified atom stereocenters. The largest absolute Gasteiger partial charge is 0.455 e. The third kappa shape index (κ3) is 4.82. The molecule has 9 nitrogen and oxygen atoms in total. The fourth-order valence-electron chi connectivity index (χ4n) is 3.84. The predicted octanol–water partition coefficient (Wildman–Crippen LogP) is 3.70. The molecule has 5 rings (SSSR count). The number of benzene rings is 2. The number of aromatic nitrogens is 5. The van der Waals surface area contributed by atoms with Crippen LogP contribution in [-0.4, -0.2) is 43.7 Å². The lowest BCUT2D eigenvalue weighted by molar-refractivity contribution is -0.120. The summed E-state index contributed by atoms with van der Waals surface area (Å²) in [7, 11) is 0. The summed E-state index contributed by atoms with van der Waals surface area (Å²) in [5.41, 5.74) is 0.669. The van der Waals surface area contributed by atoms with Crippen molar-refractivity contribution in [2.24, 2.45) is 5.92 Å². The van der Waals surface area contributed by atoms with Crippen molar-refractivity contribution < 1.29 is 9.53 Å². The number of carbonyl (C=O) groups is 1. The van der Waals surface area contributed by atoms with Gasteiger partial charge in [0.05, 0.1) is 5.69 Å². The van der Waals surface area contributed by atoms with Crippen LogP contribution in [0.1, 0.15) is 12.8 Å². The van der Waals surface area contributed by atoms with E-state index >= 15 is 0 Å². The number of nitrogens with one attached hydrogen (secondary N) is 1. The molecular weight excluding hydrogens is 418 g/mol. The van der Waals surface area contributed by atoms with E-state index in [4.69, 9.17) is 4.74 Å². The molecule has 1 aliphatic rings. The van der Waals surface area contributed by atoms with E-state index in [1.807, 2.05) is 60.7 Å². The lowest BCUT2D eigenvalue weighted by Gasteiger charge is -2.32. The molecule has 4 aromatic rings. The number of piperidine rings is 1. The van der Waals surface area contributed by atoms with Crippen molar-refractivity contribution >= 4 is 17.4 Å². The quantitative estimate of drug-likeness (QED) is 0.487. The predicted molar refractivity (Wildman–Crippen MR) is 123 cm³/mol. The van der Waals surface area contributed by atoms with E-state index in [1.54, 1.807) is 11.0 Å². The molecule has 0 bridgehead atoms. The van der Waals surface area contributed by atoms with E-state index in [1.165, 1.54) is 12.7 Å². The first-order valence-electron chi connectivity index (χ1n) is 10.8. The molecule has 9 heteroatoms. The van der Waals surface area contributed by atoms with Gasteiger partial charge in [0.15, 0.2) is 11.6 Å². The molecule has 1 aliphatic heterocycles. The lowest BCUT2D eigenvalue weighted by Crippen LogP contribution is -2.38. The second-order valence-corrected chi connectivity index (χ2v) is 7.74. The summed E-state index contributed by atoms with van der Waals surface area (Å²) in [6.45, 7) is 1.46. The van der Waals surface area contributed by atoms with Gasteiger partial charge >= 0.3 is 0 Å². The molecule has 0 spiro atoms. The van der Waals surface area contributed by atoms with Crippen LogP contribution in [0.15, 0.2) is 79.6 Å². The minimum absolute atomic E-state index is 0.00440. The van der Waals surface area contributed by atoms with Gasteiger partial charge in [0, 0.05) is 25.1 Å². The minimum atomic E-state index is -0.0809. The topological polar surface area (TPSA) is 98.1 Å². The van der Waals surface area contributed by atoms with Crippen molar-refractivity contribution in [3.8, 4) is 17.3 Å². The number of para-hydroxylation sites is 3. The van der Waals surface area contributed by atoms with Gasteiger partial charge in [-0.25, -0.2) is 19.6 Å². The number of carbonyl (C=O) groups excluding carboxylic acids is 1. The number of anilines is 2. The Kier molecular flexibility index (Phi) is 5.92. The molecular formula is C24H23N7O2. The fraction of sp³-hybridized carbons (Fsp3) is 0.208. The number of nitrogens with zero attached hydrogens (tertiary/aromatic N) is 6. The van der Waals surface area contributed by atoms with E-state index in [0.717, 1.165) is 37.5 Å². The summed E-state index contributed by atoms with van der Waals surface area (Å²) in [6, 6.07) is 18.9. The van der Waals surface area contributed by atoms with E-state index < -0.39 is 0 Å². The molecule has 1 amide bonds. The summed E-state index contributed by atoms with van der Waals surface area (Å²) in [5.74, 6) is 2.74. The maximum absolute atomic E-state index is 13.0. The highest BCUT2D eigenvalue weighted by molar-refractivity contribution is 5.94. The highest BCUT2D eigenvalue weighted by Crippen LogP contribution is 2.30. The Morgan fingerprint density at radius 2 is 1.70 bits per heavy atom. The zero-order chi connectivity index (χ0) is 22.5. The highest BCUT2D eigenvalue weighted by Gasteiger charge is 2.26. The maximum atomic E-state index is 13.0. The fourth-order valence-corrected chi connectivity index (χ4v) is 3.84. The molecule has 1 fully saturated rings. The molecule has 166 valence electrons. The second kappa shape index (κ2) is 9.47. The van der Waals surface area contributed by atoms with Crippen LogP contribution in [0.3, 0.4) is 0 Å². The Morgan fingerprint density at radius 3 is 2.48 bits per heavy atom. The van der Waals surface area contributed by atoms with Gasteiger partial charge < -0.3 is 15.0 Å². The van der Waals surface area contributed by atoms with Crippen molar-refractivity contribution in [3.63, 3.8) is 0 Å². The first kappa shape index (κ1) is 20.6. The normalized spacial score (nSPS) is 14.1. The Hall–Kier alpha value is -4.27. The Balaban J connectivity index is 1.21. The van der Waals surface area contributed by atoms with Gasteiger partial charge in [-0.15, -0.1) is 0 Å². The number of hydrogen-bond donors (Lipinski definition) is 1. The van der Waals surface area contributed by atoms with Crippen molar-refractivity contribution in [2.45, 2.75) is 12.8 Å². The molecule has 0 radical (unpaired) electrons.